The van der Waals surface area contributed by atoms with Gasteiger partial charge in [0.15, 0.2) is 0 Å². The highest BCUT2D eigenvalue weighted by Gasteiger charge is 2.14. The van der Waals surface area contributed by atoms with Crippen molar-refractivity contribution >= 4 is 11.5 Å². The minimum atomic E-state index is 0.117. The minimum absolute atomic E-state index is 0.117. The molecule has 0 unspecified atom stereocenters. The van der Waals surface area contributed by atoms with Crippen molar-refractivity contribution in [2.45, 2.75) is 0 Å². The summed E-state index contributed by atoms with van der Waals surface area (Å²) in [6.07, 6.45) is 0. The number of nitrogens with zero attached hydrogens (tertiary/aromatic N) is 1. The van der Waals surface area contributed by atoms with E-state index in [0.29, 0.717) is 5.71 Å². The van der Waals surface area contributed by atoms with Gasteiger partial charge in [-0.1, -0.05) is 18.2 Å². The van der Waals surface area contributed by atoms with Gasteiger partial charge in [0.1, 0.15) is 0 Å². The largest absolute Gasteiger partial charge is 0.293 e. The second kappa shape index (κ2) is 3.82. The average molecular weight is 177 g/mol. The van der Waals surface area contributed by atoms with Crippen molar-refractivity contribution in [2.24, 2.45) is 5.84 Å². The van der Waals surface area contributed by atoms with E-state index in [2.05, 4.69) is 0 Å². The minimum Gasteiger partial charge on any atom is -0.293 e. The predicted molar refractivity (Wildman–Crippen MR) is 52.2 cm³/mol. The maximum atomic E-state index is 7.53. The number of hydrogen-bond donors (Lipinski definition) is 3. The van der Waals surface area contributed by atoms with Crippen LogP contribution in [0.1, 0.15) is 5.56 Å². The third-order valence-corrected chi connectivity index (χ3v) is 1.69. The normalized spacial score (nSPS) is 9.38. The summed E-state index contributed by atoms with van der Waals surface area (Å²) in [5, 5.41) is 14.4. The van der Waals surface area contributed by atoms with E-state index in [1.165, 1.54) is 5.01 Å². The molecule has 0 spiro atoms. The number of rotatable bonds is 2. The first kappa shape index (κ1) is 9.41. The molecule has 1 aromatic rings. The zero-order valence-electron chi connectivity index (χ0n) is 7.49. The van der Waals surface area contributed by atoms with E-state index in [-0.39, 0.29) is 5.84 Å². The fraction of sp³-hybridized carbons (Fsp3) is 0.111. The standard InChI is InChI=1S/C9H12N4/c1-13(12)9(11)8(10)7-5-3-2-4-6-7/h2-6,10-11H,12H2,1H3/p+1. The Balaban J connectivity index is 2.87. The van der Waals surface area contributed by atoms with Crippen molar-refractivity contribution in [3.05, 3.63) is 35.9 Å². The Morgan fingerprint density at radius 1 is 1.38 bits per heavy atom. The average Bonchev–Trinajstić information content (AvgIpc) is 2.17. The Kier molecular flexibility index (Phi) is 2.76. The number of amidine groups is 1. The van der Waals surface area contributed by atoms with Gasteiger partial charge in [-0.15, -0.1) is 0 Å². The van der Waals surface area contributed by atoms with Crippen molar-refractivity contribution in [2.75, 3.05) is 7.05 Å². The van der Waals surface area contributed by atoms with Gasteiger partial charge in [-0.2, -0.15) is 0 Å². The Morgan fingerprint density at radius 3 is 2.38 bits per heavy atom. The lowest BCUT2D eigenvalue weighted by molar-refractivity contribution is -0.110. The first-order valence-corrected chi connectivity index (χ1v) is 3.88. The van der Waals surface area contributed by atoms with Crippen LogP contribution >= 0.6 is 0 Å². The summed E-state index contributed by atoms with van der Waals surface area (Å²) >= 11 is 0. The molecule has 4 nitrogen and oxygen atoms in total. The second-order valence-corrected chi connectivity index (χ2v) is 2.74. The van der Waals surface area contributed by atoms with Crippen LogP contribution in [0.4, 0.5) is 0 Å². The van der Waals surface area contributed by atoms with Crippen LogP contribution in [0.25, 0.3) is 0 Å². The summed E-state index contributed by atoms with van der Waals surface area (Å²) in [6, 6.07) is 9.31. The predicted octanol–water partition coefficient (Wildman–Crippen LogP) is -0.982. The van der Waals surface area contributed by atoms with Gasteiger partial charge in [0, 0.05) is 12.6 Å². The topological polar surface area (TPSA) is 78.7 Å². The summed E-state index contributed by atoms with van der Waals surface area (Å²) in [7, 11) is 1.58. The van der Waals surface area contributed by atoms with E-state index in [4.69, 9.17) is 16.7 Å². The maximum absolute atomic E-state index is 7.53. The molecule has 0 bridgehead atoms. The lowest BCUT2D eigenvalue weighted by Gasteiger charge is -2.10. The molecule has 0 radical (unpaired) electrons. The molecule has 0 saturated heterocycles. The Bertz CT molecular complexity index is 316. The van der Waals surface area contributed by atoms with Crippen molar-refractivity contribution in [3.8, 4) is 0 Å². The van der Waals surface area contributed by atoms with Gasteiger partial charge >= 0.3 is 0 Å². The van der Waals surface area contributed by atoms with Crippen molar-refractivity contribution in [1.82, 2.24) is 5.01 Å². The highest BCUT2D eigenvalue weighted by Crippen LogP contribution is 1.98. The molecular formula is C9H13N4+. The van der Waals surface area contributed by atoms with Gasteiger partial charge < -0.3 is 0 Å². The first-order valence-electron chi connectivity index (χ1n) is 3.88. The first-order chi connectivity index (χ1) is 6.13. The van der Waals surface area contributed by atoms with Crippen molar-refractivity contribution in [1.29, 1.82) is 5.41 Å². The molecule has 5 N–H and O–H groups in total. The van der Waals surface area contributed by atoms with E-state index >= 15 is 0 Å². The van der Waals surface area contributed by atoms with Crippen LogP contribution in [0.5, 0.6) is 0 Å². The third kappa shape index (κ3) is 2.13. The monoisotopic (exact) mass is 177 g/mol. The highest BCUT2D eigenvalue weighted by molar-refractivity contribution is 6.43. The molecule has 0 aliphatic heterocycles. The molecule has 0 fully saturated rings. The molecule has 0 heterocycles. The molecule has 0 atom stereocenters. The summed E-state index contributed by atoms with van der Waals surface area (Å²) in [6.45, 7) is 0. The number of hydrazine groups is 1. The number of likely N-dealkylation sites (N-methyl/N-ethyl adjacent to an activating group) is 1. The molecule has 0 amide bonds. The molecule has 0 aliphatic carbocycles. The number of hydrogen-bond acceptors (Lipinski definition) is 2. The molecule has 0 saturated carbocycles. The SMILES string of the molecule is CN(N)C(=N)C(=[NH2+])c1ccccc1. The van der Waals surface area contributed by atoms with E-state index in [1.807, 2.05) is 30.3 Å². The fourth-order valence-electron chi connectivity index (χ4n) is 0.944. The van der Waals surface area contributed by atoms with Crippen LogP contribution in [-0.2, 0) is 0 Å². The summed E-state index contributed by atoms with van der Waals surface area (Å²) in [5.41, 5.74) is 1.19. The molecule has 4 heteroatoms. The molecule has 0 aliphatic rings. The van der Waals surface area contributed by atoms with Gasteiger partial charge in [0.05, 0.1) is 0 Å². The van der Waals surface area contributed by atoms with Gasteiger partial charge in [0.2, 0.25) is 11.5 Å². The Labute approximate surface area is 77.0 Å². The lowest BCUT2D eigenvalue weighted by Crippen LogP contribution is -2.52. The van der Waals surface area contributed by atoms with Crippen LogP contribution in [0.15, 0.2) is 30.3 Å². The molecule has 68 valence electrons. The van der Waals surface area contributed by atoms with E-state index in [1.54, 1.807) is 7.05 Å². The smallest absolute Gasteiger partial charge is 0.247 e. The maximum Gasteiger partial charge on any atom is 0.247 e. The number of benzene rings is 1. The van der Waals surface area contributed by atoms with E-state index in [0.717, 1.165) is 5.56 Å². The van der Waals surface area contributed by atoms with Crippen molar-refractivity contribution < 1.29 is 5.41 Å². The number of nitrogens with one attached hydrogen (secondary N) is 1. The van der Waals surface area contributed by atoms with Gasteiger partial charge in [-0.25, -0.2) is 5.84 Å². The zero-order valence-corrected chi connectivity index (χ0v) is 7.49. The Morgan fingerprint density at radius 2 is 1.92 bits per heavy atom. The molecule has 13 heavy (non-hydrogen) atoms. The Hall–Kier alpha value is -1.68. The van der Waals surface area contributed by atoms with E-state index in [9.17, 15) is 0 Å². The summed E-state index contributed by atoms with van der Waals surface area (Å²) in [4.78, 5) is 0. The fourth-order valence-corrected chi connectivity index (χ4v) is 0.944. The molecular weight excluding hydrogens is 164 g/mol. The van der Waals surface area contributed by atoms with Crippen LogP contribution < -0.4 is 11.3 Å². The van der Waals surface area contributed by atoms with Crippen LogP contribution in [0.2, 0.25) is 0 Å². The zero-order chi connectivity index (χ0) is 9.84. The van der Waals surface area contributed by atoms with Crippen molar-refractivity contribution in [3.63, 3.8) is 0 Å². The van der Waals surface area contributed by atoms with Crippen LogP contribution in [0.3, 0.4) is 0 Å². The molecule has 0 aromatic heterocycles. The van der Waals surface area contributed by atoms with Gasteiger partial charge in [-0.3, -0.25) is 15.8 Å². The number of nitrogens with two attached hydrogens (primary N) is 2. The third-order valence-electron chi connectivity index (χ3n) is 1.69. The molecule has 1 aromatic carbocycles. The molecule has 1 rings (SSSR count). The highest BCUT2D eigenvalue weighted by atomic mass is 15.4. The second-order valence-electron chi connectivity index (χ2n) is 2.74. The lowest BCUT2D eigenvalue weighted by atomic mass is 10.1. The van der Waals surface area contributed by atoms with Gasteiger partial charge in [-0.05, 0) is 12.1 Å². The van der Waals surface area contributed by atoms with Crippen LogP contribution in [-0.4, -0.2) is 23.6 Å². The summed E-state index contributed by atoms with van der Waals surface area (Å²) in [5.74, 6) is 5.50. The van der Waals surface area contributed by atoms with Crippen LogP contribution in [0, 0.1) is 5.41 Å². The quantitative estimate of drug-likeness (QED) is 0.235. The van der Waals surface area contributed by atoms with E-state index < -0.39 is 0 Å². The summed E-state index contributed by atoms with van der Waals surface area (Å²) < 4.78 is 0. The van der Waals surface area contributed by atoms with Gasteiger partial charge in [0.25, 0.3) is 0 Å².